The van der Waals surface area contributed by atoms with Gasteiger partial charge < -0.3 is 10.1 Å². The van der Waals surface area contributed by atoms with E-state index in [0.717, 1.165) is 0 Å². The van der Waals surface area contributed by atoms with E-state index in [1.807, 2.05) is 0 Å². The molecular formula is C18H15Cl2NO4. The Morgan fingerprint density at radius 1 is 1.04 bits per heavy atom. The summed E-state index contributed by atoms with van der Waals surface area (Å²) in [6.45, 7) is 1.32. The molecule has 0 aromatic heterocycles. The summed E-state index contributed by atoms with van der Waals surface area (Å²) in [5, 5.41) is 2.99. The smallest absolute Gasteiger partial charge is 0.340 e. The molecule has 0 saturated heterocycles. The maximum Gasteiger partial charge on any atom is 0.340 e. The van der Waals surface area contributed by atoms with Gasteiger partial charge in [-0.1, -0.05) is 36.2 Å². The standard InChI is InChI=1S/C18H15Cl2NO4/c1-2-16(23)21-12-8-6-11(7-9-12)15(22)10-25-18(24)13-4-3-5-14(19)17(13)20/h3-9H,2,10H2,1H3,(H,21,23). The largest absolute Gasteiger partial charge is 0.454 e. The molecule has 0 bridgehead atoms. The maximum absolute atomic E-state index is 12.1. The first kappa shape index (κ1) is 19.0. The molecule has 0 saturated carbocycles. The SMILES string of the molecule is CCC(=O)Nc1ccc(C(=O)COC(=O)c2cccc(Cl)c2Cl)cc1. The highest BCUT2D eigenvalue weighted by molar-refractivity contribution is 6.43. The van der Waals surface area contributed by atoms with Crippen molar-refractivity contribution in [3.63, 3.8) is 0 Å². The molecule has 1 amide bonds. The molecule has 0 spiro atoms. The number of ether oxygens (including phenoxy) is 1. The van der Waals surface area contributed by atoms with Gasteiger partial charge in [0.15, 0.2) is 12.4 Å². The van der Waals surface area contributed by atoms with Crippen molar-refractivity contribution in [2.45, 2.75) is 13.3 Å². The fourth-order valence-electron chi connectivity index (χ4n) is 1.94. The van der Waals surface area contributed by atoms with Crippen molar-refractivity contribution < 1.29 is 19.1 Å². The fraction of sp³-hybridized carbons (Fsp3) is 0.167. The normalized spacial score (nSPS) is 10.2. The van der Waals surface area contributed by atoms with Crippen molar-refractivity contribution >= 4 is 46.5 Å². The highest BCUT2D eigenvalue weighted by Crippen LogP contribution is 2.26. The number of Topliss-reactive ketones (excluding diaryl/α,β-unsaturated/α-hetero) is 1. The third-order valence-corrected chi connectivity index (χ3v) is 4.14. The molecule has 0 heterocycles. The van der Waals surface area contributed by atoms with Gasteiger partial charge in [-0.05, 0) is 36.4 Å². The Balaban J connectivity index is 1.97. The maximum atomic E-state index is 12.1. The van der Waals surface area contributed by atoms with Gasteiger partial charge in [0.1, 0.15) is 0 Å². The van der Waals surface area contributed by atoms with Crippen LogP contribution in [-0.4, -0.2) is 24.3 Å². The molecule has 25 heavy (non-hydrogen) atoms. The van der Waals surface area contributed by atoms with Crippen molar-refractivity contribution in [2.24, 2.45) is 0 Å². The molecule has 2 aromatic carbocycles. The van der Waals surface area contributed by atoms with Crippen LogP contribution in [0.25, 0.3) is 0 Å². The quantitative estimate of drug-likeness (QED) is 0.596. The van der Waals surface area contributed by atoms with Gasteiger partial charge in [-0.25, -0.2) is 4.79 Å². The zero-order valence-electron chi connectivity index (χ0n) is 13.3. The van der Waals surface area contributed by atoms with Crippen molar-refractivity contribution in [1.82, 2.24) is 0 Å². The second kappa shape index (κ2) is 8.65. The molecule has 0 atom stereocenters. The van der Waals surface area contributed by atoms with E-state index in [0.29, 0.717) is 17.7 Å². The summed E-state index contributed by atoms with van der Waals surface area (Å²) in [6, 6.07) is 10.9. The number of anilines is 1. The molecule has 130 valence electrons. The first-order valence-corrected chi connectivity index (χ1v) is 8.22. The van der Waals surface area contributed by atoms with Crippen LogP contribution in [0.15, 0.2) is 42.5 Å². The third-order valence-electron chi connectivity index (χ3n) is 3.32. The minimum atomic E-state index is -0.729. The molecule has 1 N–H and O–H groups in total. The van der Waals surface area contributed by atoms with Crippen LogP contribution < -0.4 is 5.32 Å². The van der Waals surface area contributed by atoms with Crippen LogP contribution >= 0.6 is 23.2 Å². The van der Waals surface area contributed by atoms with E-state index >= 15 is 0 Å². The second-order valence-electron chi connectivity index (χ2n) is 5.08. The molecule has 0 aliphatic heterocycles. The van der Waals surface area contributed by atoms with Crippen LogP contribution in [0.2, 0.25) is 10.0 Å². The van der Waals surface area contributed by atoms with E-state index in [1.54, 1.807) is 43.3 Å². The first-order valence-electron chi connectivity index (χ1n) is 7.46. The number of ketones is 1. The van der Waals surface area contributed by atoms with E-state index < -0.39 is 12.6 Å². The Bertz CT molecular complexity index is 803. The highest BCUT2D eigenvalue weighted by Gasteiger charge is 2.16. The van der Waals surface area contributed by atoms with Gasteiger partial charge in [0.05, 0.1) is 15.6 Å². The minimum absolute atomic E-state index is 0.0811. The molecule has 0 aliphatic carbocycles. The number of hydrogen-bond acceptors (Lipinski definition) is 4. The first-order chi connectivity index (χ1) is 11.9. The minimum Gasteiger partial charge on any atom is -0.454 e. The number of benzene rings is 2. The Morgan fingerprint density at radius 3 is 2.36 bits per heavy atom. The van der Waals surface area contributed by atoms with Crippen LogP contribution in [0.1, 0.15) is 34.1 Å². The van der Waals surface area contributed by atoms with Crippen LogP contribution in [0, 0.1) is 0 Å². The van der Waals surface area contributed by atoms with Crippen LogP contribution in [0.4, 0.5) is 5.69 Å². The van der Waals surface area contributed by atoms with Crippen molar-refractivity contribution in [1.29, 1.82) is 0 Å². The van der Waals surface area contributed by atoms with Crippen molar-refractivity contribution in [2.75, 3.05) is 11.9 Å². The molecule has 0 aliphatic rings. The number of halogens is 2. The Labute approximate surface area is 154 Å². The lowest BCUT2D eigenvalue weighted by atomic mass is 10.1. The monoisotopic (exact) mass is 379 g/mol. The van der Waals surface area contributed by atoms with E-state index in [9.17, 15) is 14.4 Å². The zero-order chi connectivity index (χ0) is 18.4. The van der Waals surface area contributed by atoms with Gasteiger partial charge in [-0.3, -0.25) is 9.59 Å². The predicted octanol–water partition coefficient (Wildman–Crippen LogP) is 4.38. The number of carbonyl (C=O) groups excluding carboxylic acids is 3. The molecule has 7 heteroatoms. The van der Waals surface area contributed by atoms with Gasteiger partial charge in [0, 0.05) is 17.7 Å². The van der Waals surface area contributed by atoms with Gasteiger partial charge in [0.2, 0.25) is 5.91 Å². The van der Waals surface area contributed by atoms with Gasteiger partial charge in [0.25, 0.3) is 0 Å². The lowest BCUT2D eigenvalue weighted by Crippen LogP contribution is -2.15. The summed E-state index contributed by atoms with van der Waals surface area (Å²) < 4.78 is 4.99. The van der Waals surface area contributed by atoms with Crippen molar-refractivity contribution in [3.8, 4) is 0 Å². The summed E-state index contributed by atoms with van der Waals surface area (Å²) >= 11 is 11.8. The summed E-state index contributed by atoms with van der Waals surface area (Å²) in [6.07, 6.45) is 0.364. The highest BCUT2D eigenvalue weighted by atomic mass is 35.5. The van der Waals surface area contributed by atoms with Crippen molar-refractivity contribution in [3.05, 3.63) is 63.6 Å². The van der Waals surface area contributed by atoms with Gasteiger partial charge >= 0.3 is 5.97 Å². The topological polar surface area (TPSA) is 72.5 Å². The number of amides is 1. The number of hydrogen-bond donors (Lipinski definition) is 1. The van der Waals surface area contributed by atoms with Gasteiger partial charge in [-0.15, -0.1) is 0 Å². The lowest BCUT2D eigenvalue weighted by molar-refractivity contribution is -0.115. The molecule has 2 aromatic rings. The summed E-state index contributed by atoms with van der Waals surface area (Å²) in [5.74, 6) is -1.22. The molecule has 5 nitrogen and oxygen atoms in total. The number of carbonyl (C=O) groups is 3. The second-order valence-corrected chi connectivity index (χ2v) is 5.86. The summed E-state index contributed by atoms with van der Waals surface area (Å²) in [4.78, 5) is 35.4. The lowest BCUT2D eigenvalue weighted by Gasteiger charge is -2.07. The Kier molecular flexibility index (Phi) is 6.56. The molecule has 0 radical (unpaired) electrons. The van der Waals surface area contributed by atoms with Crippen LogP contribution in [0.5, 0.6) is 0 Å². The molecule has 0 fully saturated rings. The average molecular weight is 380 g/mol. The molecule has 2 rings (SSSR count). The molecule has 0 unspecified atom stereocenters. The fourth-order valence-corrected chi connectivity index (χ4v) is 2.32. The average Bonchev–Trinajstić information content (AvgIpc) is 2.62. The summed E-state index contributed by atoms with van der Waals surface area (Å²) in [5.41, 5.74) is 1.05. The van der Waals surface area contributed by atoms with Crippen LogP contribution in [-0.2, 0) is 9.53 Å². The van der Waals surface area contributed by atoms with Gasteiger partial charge in [-0.2, -0.15) is 0 Å². The zero-order valence-corrected chi connectivity index (χ0v) is 14.9. The Hall–Kier alpha value is -2.37. The summed E-state index contributed by atoms with van der Waals surface area (Å²) in [7, 11) is 0. The van der Waals surface area contributed by atoms with Crippen LogP contribution in [0.3, 0.4) is 0 Å². The predicted molar refractivity (Wildman–Crippen MR) is 96.4 cm³/mol. The van der Waals surface area contributed by atoms with E-state index in [1.165, 1.54) is 6.07 Å². The van der Waals surface area contributed by atoms with E-state index in [4.69, 9.17) is 27.9 Å². The number of esters is 1. The molecular weight excluding hydrogens is 365 g/mol. The number of nitrogens with one attached hydrogen (secondary N) is 1. The third kappa shape index (κ3) is 5.05. The Morgan fingerprint density at radius 2 is 1.72 bits per heavy atom. The van der Waals surface area contributed by atoms with E-state index in [-0.39, 0.29) is 27.3 Å². The van der Waals surface area contributed by atoms with E-state index in [2.05, 4.69) is 5.32 Å². The number of rotatable bonds is 6.